The van der Waals surface area contributed by atoms with Crippen LogP contribution >= 0.6 is 0 Å². The Morgan fingerprint density at radius 2 is 2.19 bits per heavy atom. The van der Waals surface area contributed by atoms with Crippen molar-refractivity contribution in [3.8, 4) is 6.07 Å². The molecular weight excluding hydrogens is 268 g/mol. The van der Waals surface area contributed by atoms with Crippen LogP contribution in [0.4, 0.5) is 0 Å². The van der Waals surface area contributed by atoms with Crippen molar-refractivity contribution in [1.82, 2.24) is 4.90 Å². The summed E-state index contributed by atoms with van der Waals surface area (Å²) in [5, 5.41) is 17.3. The minimum atomic E-state index is -1.03. The first-order valence-electron chi connectivity index (χ1n) is 6.81. The summed E-state index contributed by atoms with van der Waals surface area (Å²) in [5.74, 6) is -1.13. The second-order valence-electron chi connectivity index (χ2n) is 4.93. The Kier molecular flexibility index (Phi) is 4.72. The Morgan fingerprint density at radius 1 is 1.43 bits per heavy atom. The number of benzene rings is 1. The van der Waals surface area contributed by atoms with Gasteiger partial charge in [0.25, 0.3) is 5.91 Å². The third-order valence-corrected chi connectivity index (χ3v) is 3.26. The van der Waals surface area contributed by atoms with Crippen LogP contribution in [0.25, 0.3) is 6.08 Å². The van der Waals surface area contributed by atoms with E-state index < -0.39 is 5.97 Å². The van der Waals surface area contributed by atoms with Crippen LogP contribution in [-0.4, -0.2) is 34.5 Å². The highest BCUT2D eigenvalue weighted by Crippen LogP contribution is 2.28. The number of rotatable bonds is 6. The molecule has 1 fully saturated rings. The van der Waals surface area contributed by atoms with Crippen molar-refractivity contribution in [1.29, 1.82) is 5.26 Å². The largest absolute Gasteiger partial charge is 0.478 e. The van der Waals surface area contributed by atoms with Crippen LogP contribution in [0, 0.1) is 11.3 Å². The Labute approximate surface area is 123 Å². The molecule has 0 unspecified atom stereocenters. The molecule has 108 valence electrons. The molecule has 0 radical (unpaired) electrons. The fourth-order valence-corrected chi connectivity index (χ4v) is 2.12. The van der Waals surface area contributed by atoms with Crippen LogP contribution in [0.2, 0.25) is 0 Å². The third kappa shape index (κ3) is 4.18. The molecule has 5 heteroatoms. The molecule has 1 aromatic rings. The number of nitrogens with zero attached hydrogens (tertiary/aromatic N) is 2. The summed E-state index contributed by atoms with van der Waals surface area (Å²) in [7, 11) is 0. The highest BCUT2D eigenvalue weighted by Gasteiger charge is 2.32. The summed E-state index contributed by atoms with van der Waals surface area (Å²) in [5.41, 5.74) is 1.19. The highest BCUT2D eigenvalue weighted by atomic mass is 16.4. The SMILES string of the molecule is N#CCCN(C(=O)c1cccc(C=CC(=O)O)c1)C1CC1. The van der Waals surface area contributed by atoms with Gasteiger partial charge in [0.15, 0.2) is 0 Å². The van der Waals surface area contributed by atoms with Gasteiger partial charge in [0, 0.05) is 24.2 Å². The summed E-state index contributed by atoms with van der Waals surface area (Å²) in [6.45, 7) is 0.440. The number of carbonyl (C=O) groups is 2. The van der Waals surface area contributed by atoms with Gasteiger partial charge in [-0.2, -0.15) is 5.26 Å². The average Bonchev–Trinajstić information content (AvgIpc) is 3.30. The molecule has 1 saturated carbocycles. The monoisotopic (exact) mass is 284 g/mol. The highest BCUT2D eigenvalue weighted by molar-refractivity contribution is 5.95. The zero-order valence-corrected chi connectivity index (χ0v) is 11.5. The van der Waals surface area contributed by atoms with Gasteiger partial charge in [-0.25, -0.2) is 4.79 Å². The molecule has 2 rings (SSSR count). The zero-order chi connectivity index (χ0) is 15.2. The minimum absolute atomic E-state index is 0.0988. The molecule has 0 atom stereocenters. The van der Waals surface area contributed by atoms with Gasteiger partial charge in [0.2, 0.25) is 0 Å². The normalized spacial score (nSPS) is 13.9. The van der Waals surface area contributed by atoms with Crippen molar-refractivity contribution in [3.05, 3.63) is 41.5 Å². The Balaban J connectivity index is 2.15. The van der Waals surface area contributed by atoms with Crippen LogP contribution in [0.5, 0.6) is 0 Å². The van der Waals surface area contributed by atoms with Gasteiger partial charge < -0.3 is 10.0 Å². The lowest BCUT2D eigenvalue weighted by molar-refractivity contribution is -0.131. The molecule has 1 aromatic carbocycles. The Hall–Kier alpha value is -2.61. The lowest BCUT2D eigenvalue weighted by Gasteiger charge is -2.21. The predicted molar refractivity (Wildman–Crippen MR) is 77.4 cm³/mol. The molecule has 1 aliphatic rings. The molecule has 0 aliphatic heterocycles. The molecule has 1 aliphatic carbocycles. The maximum atomic E-state index is 12.5. The number of amides is 1. The standard InChI is InChI=1S/C16H16N2O3/c17-9-2-10-18(14-6-7-14)16(21)13-4-1-3-12(11-13)5-8-15(19)20/h1,3-5,8,11,14H,2,6-7,10H2,(H,19,20). The van der Waals surface area contributed by atoms with Crippen LogP contribution in [0.1, 0.15) is 35.2 Å². The molecule has 0 heterocycles. The van der Waals surface area contributed by atoms with Gasteiger partial charge in [-0.15, -0.1) is 0 Å². The van der Waals surface area contributed by atoms with E-state index in [2.05, 4.69) is 6.07 Å². The van der Waals surface area contributed by atoms with E-state index >= 15 is 0 Å². The number of hydrogen-bond acceptors (Lipinski definition) is 3. The van der Waals surface area contributed by atoms with Gasteiger partial charge in [-0.1, -0.05) is 12.1 Å². The van der Waals surface area contributed by atoms with E-state index in [1.54, 1.807) is 29.2 Å². The van der Waals surface area contributed by atoms with Crippen LogP contribution in [0.15, 0.2) is 30.3 Å². The predicted octanol–water partition coefficient (Wildman–Crippen LogP) is 2.30. The fraction of sp³-hybridized carbons (Fsp3) is 0.312. The number of nitriles is 1. The van der Waals surface area contributed by atoms with Crippen LogP contribution < -0.4 is 0 Å². The first-order chi connectivity index (χ1) is 10.1. The minimum Gasteiger partial charge on any atom is -0.478 e. The first-order valence-corrected chi connectivity index (χ1v) is 6.81. The molecular formula is C16H16N2O3. The van der Waals surface area contributed by atoms with Gasteiger partial charge in [0.05, 0.1) is 12.5 Å². The van der Waals surface area contributed by atoms with Crippen LogP contribution in [0.3, 0.4) is 0 Å². The number of carboxylic acid groups (broad SMARTS) is 1. The Morgan fingerprint density at radius 3 is 2.81 bits per heavy atom. The van der Waals surface area contributed by atoms with Crippen molar-refractivity contribution in [2.45, 2.75) is 25.3 Å². The molecule has 0 aromatic heterocycles. The molecule has 5 nitrogen and oxygen atoms in total. The first kappa shape index (κ1) is 14.8. The van der Waals surface area contributed by atoms with E-state index in [-0.39, 0.29) is 11.9 Å². The van der Waals surface area contributed by atoms with E-state index in [9.17, 15) is 9.59 Å². The molecule has 21 heavy (non-hydrogen) atoms. The quantitative estimate of drug-likeness (QED) is 0.813. The molecule has 0 spiro atoms. The smallest absolute Gasteiger partial charge is 0.328 e. The lowest BCUT2D eigenvalue weighted by atomic mass is 10.1. The summed E-state index contributed by atoms with van der Waals surface area (Å²) in [4.78, 5) is 24.8. The zero-order valence-electron chi connectivity index (χ0n) is 11.5. The van der Waals surface area contributed by atoms with Gasteiger partial charge in [0.1, 0.15) is 0 Å². The van der Waals surface area contributed by atoms with Crippen molar-refractivity contribution in [2.75, 3.05) is 6.54 Å². The maximum Gasteiger partial charge on any atom is 0.328 e. The fourth-order valence-electron chi connectivity index (χ4n) is 2.12. The number of hydrogen-bond donors (Lipinski definition) is 1. The number of carboxylic acids is 1. The second kappa shape index (κ2) is 6.71. The third-order valence-electron chi connectivity index (χ3n) is 3.26. The van der Waals surface area contributed by atoms with Gasteiger partial charge in [-0.05, 0) is 36.6 Å². The average molecular weight is 284 g/mol. The summed E-state index contributed by atoms with van der Waals surface area (Å²) in [6.07, 6.45) is 4.78. The van der Waals surface area contributed by atoms with Crippen molar-refractivity contribution >= 4 is 18.0 Å². The maximum absolute atomic E-state index is 12.5. The second-order valence-corrected chi connectivity index (χ2v) is 4.93. The van der Waals surface area contributed by atoms with Gasteiger partial charge >= 0.3 is 5.97 Å². The summed E-state index contributed by atoms with van der Waals surface area (Å²) in [6, 6.07) is 9.15. The van der Waals surface area contributed by atoms with E-state index in [4.69, 9.17) is 10.4 Å². The van der Waals surface area contributed by atoms with E-state index in [0.29, 0.717) is 24.1 Å². The lowest BCUT2D eigenvalue weighted by Crippen LogP contribution is -2.33. The molecule has 0 saturated heterocycles. The van der Waals surface area contributed by atoms with Crippen molar-refractivity contribution < 1.29 is 14.7 Å². The molecule has 0 bridgehead atoms. The number of aliphatic carboxylic acids is 1. The van der Waals surface area contributed by atoms with Crippen molar-refractivity contribution in [2.24, 2.45) is 0 Å². The van der Waals surface area contributed by atoms with E-state index in [1.807, 2.05) is 0 Å². The van der Waals surface area contributed by atoms with Gasteiger partial charge in [-0.3, -0.25) is 4.79 Å². The summed E-state index contributed by atoms with van der Waals surface area (Å²) >= 11 is 0. The van der Waals surface area contributed by atoms with Crippen LogP contribution in [-0.2, 0) is 4.79 Å². The molecule has 1 amide bonds. The van der Waals surface area contributed by atoms with Crippen molar-refractivity contribution in [3.63, 3.8) is 0 Å². The topological polar surface area (TPSA) is 81.4 Å². The van der Waals surface area contributed by atoms with E-state index in [0.717, 1.165) is 18.9 Å². The Bertz CT molecular complexity index is 612. The molecule has 1 N–H and O–H groups in total. The van der Waals surface area contributed by atoms with E-state index in [1.165, 1.54) is 6.08 Å². The summed E-state index contributed by atoms with van der Waals surface area (Å²) < 4.78 is 0. The number of carbonyl (C=O) groups excluding carboxylic acids is 1.